The van der Waals surface area contributed by atoms with Gasteiger partial charge in [0, 0.05) is 5.56 Å². The molecule has 0 aliphatic rings. The number of carbonyl (C=O) groups is 2. The molecule has 0 spiro atoms. The van der Waals surface area contributed by atoms with Gasteiger partial charge in [-0.05, 0) is 25.1 Å². The van der Waals surface area contributed by atoms with E-state index in [2.05, 4.69) is 21.1 Å². The zero-order valence-electron chi connectivity index (χ0n) is 13.6. The van der Waals surface area contributed by atoms with Crippen molar-refractivity contribution in [2.24, 2.45) is 0 Å². The molecule has 1 heterocycles. The maximum atomic E-state index is 12.3. The van der Waals surface area contributed by atoms with Gasteiger partial charge in [-0.15, -0.1) is 0 Å². The Bertz CT molecular complexity index is 814. The van der Waals surface area contributed by atoms with Gasteiger partial charge < -0.3 is 9.47 Å². The van der Waals surface area contributed by atoms with Crippen LogP contribution < -0.4 is 10.1 Å². The Balaban J connectivity index is 2.03. The Kier molecular flexibility index (Phi) is 6.80. The maximum Gasteiger partial charge on any atom is 0.343 e. The van der Waals surface area contributed by atoms with Gasteiger partial charge in [0.15, 0.2) is 11.7 Å². The first-order chi connectivity index (χ1) is 12.0. The van der Waals surface area contributed by atoms with Crippen LogP contribution in [0.5, 0.6) is 5.75 Å². The Morgan fingerprint density at radius 2 is 2.24 bits per heavy atom. The van der Waals surface area contributed by atoms with Gasteiger partial charge in [-0.1, -0.05) is 29.2 Å². The minimum Gasteiger partial charge on any atom is -0.482 e. The van der Waals surface area contributed by atoms with E-state index in [-0.39, 0.29) is 12.5 Å². The predicted octanol–water partition coefficient (Wildman–Crippen LogP) is 2.87. The van der Waals surface area contributed by atoms with Gasteiger partial charge in [-0.2, -0.15) is 5.26 Å². The van der Waals surface area contributed by atoms with Crippen molar-refractivity contribution in [1.82, 2.24) is 4.98 Å². The first kappa shape index (κ1) is 18.8. The van der Waals surface area contributed by atoms with E-state index in [0.29, 0.717) is 22.2 Å². The number of amides is 1. The van der Waals surface area contributed by atoms with Crippen LogP contribution in [0.1, 0.15) is 16.1 Å². The predicted molar refractivity (Wildman–Crippen MR) is 95.1 cm³/mol. The first-order valence-electron chi connectivity index (χ1n) is 7.11. The lowest BCUT2D eigenvalue weighted by Gasteiger charge is -2.06. The standard InChI is InChI=1S/C16H15N3O4S2/c1-10-15(24-7-6-17)25-16(18-10)19-14(21)11-4-3-5-12(8-11)23-9-13(20)22-2/h3-5,8H,7,9H2,1-2H3,(H,18,19,21). The minimum atomic E-state index is -0.504. The lowest BCUT2D eigenvalue weighted by molar-refractivity contribution is -0.142. The molecule has 0 bridgehead atoms. The van der Waals surface area contributed by atoms with E-state index >= 15 is 0 Å². The summed E-state index contributed by atoms with van der Waals surface area (Å²) in [5.74, 6) is -0.126. The number of thioether (sulfide) groups is 1. The zero-order valence-corrected chi connectivity index (χ0v) is 15.2. The van der Waals surface area contributed by atoms with Crippen molar-refractivity contribution >= 4 is 40.1 Å². The summed E-state index contributed by atoms with van der Waals surface area (Å²) >= 11 is 2.70. The fraction of sp³-hybridized carbons (Fsp3) is 0.250. The largest absolute Gasteiger partial charge is 0.482 e. The number of benzene rings is 1. The molecule has 0 fully saturated rings. The molecule has 0 aliphatic carbocycles. The van der Waals surface area contributed by atoms with Crippen molar-refractivity contribution in [3.63, 3.8) is 0 Å². The Morgan fingerprint density at radius 1 is 1.44 bits per heavy atom. The molecular formula is C16H15N3O4S2. The van der Waals surface area contributed by atoms with E-state index in [0.717, 1.165) is 9.90 Å². The fourth-order valence-corrected chi connectivity index (χ4v) is 3.56. The number of rotatable bonds is 7. The van der Waals surface area contributed by atoms with E-state index < -0.39 is 5.97 Å². The van der Waals surface area contributed by atoms with Crippen LogP contribution in [0.4, 0.5) is 5.13 Å². The number of aryl methyl sites for hydroxylation is 1. The van der Waals surface area contributed by atoms with E-state index in [1.165, 1.54) is 36.3 Å². The van der Waals surface area contributed by atoms with Gasteiger partial charge in [-0.25, -0.2) is 9.78 Å². The van der Waals surface area contributed by atoms with Crippen LogP contribution in [0.2, 0.25) is 0 Å². The van der Waals surface area contributed by atoms with Gasteiger partial charge >= 0.3 is 5.97 Å². The monoisotopic (exact) mass is 377 g/mol. The van der Waals surface area contributed by atoms with Crippen LogP contribution in [-0.2, 0) is 9.53 Å². The molecule has 1 amide bonds. The van der Waals surface area contributed by atoms with Gasteiger partial charge in [0.2, 0.25) is 0 Å². The molecule has 0 saturated heterocycles. The van der Waals surface area contributed by atoms with Crippen LogP contribution in [-0.4, -0.2) is 36.3 Å². The smallest absolute Gasteiger partial charge is 0.343 e. The van der Waals surface area contributed by atoms with Crippen molar-refractivity contribution in [3.8, 4) is 11.8 Å². The molecule has 2 aromatic rings. The average molecular weight is 377 g/mol. The lowest BCUT2D eigenvalue weighted by atomic mass is 10.2. The Morgan fingerprint density at radius 3 is 2.96 bits per heavy atom. The average Bonchev–Trinajstić information content (AvgIpc) is 2.97. The summed E-state index contributed by atoms with van der Waals surface area (Å²) in [7, 11) is 1.27. The number of thiazole rings is 1. The van der Waals surface area contributed by atoms with Gasteiger partial charge in [-0.3, -0.25) is 10.1 Å². The zero-order chi connectivity index (χ0) is 18.2. The number of carbonyl (C=O) groups excluding carboxylic acids is 2. The van der Waals surface area contributed by atoms with Crippen LogP contribution >= 0.6 is 23.1 Å². The number of nitrogens with one attached hydrogen (secondary N) is 1. The molecule has 0 atom stereocenters. The first-order valence-corrected chi connectivity index (χ1v) is 8.92. The highest BCUT2D eigenvalue weighted by Gasteiger charge is 2.13. The van der Waals surface area contributed by atoms with Crippen molar-refractivity contribution in [2.75, 3.05) is 24.8 Å². The number of aromatic nitrogens is 1. The second-order valence-corrected chi connectivity index (χ2v) is 6.93. The van der Waals surface area contributed by atoms with Gasteiger partial charge in [0.1, 0.15) is 5.75 Å². The number of hydrogen-bond acceptors (Lipinski definition) is 8. The van der Waals surface area contributed by atoms with Crippen molar-refractivity contribution in [3.05, 3.63) is 35.5 Å². The van der Waals surface area contributed by atoms with Crippen LogP contribution in [0.15, 0.2) is 28.5 Å². The summed E-state index contributed by atoms with van der Waals surface area (Å²) in [5, 5.41) is 11.8. The Hall–Kier alpha value is -2.57. The van der Waals surface area contributed by atoms with Crippen molar-refractivity contribution in [2.45, 2.75) is 11.1 Å². The normalized spacial score (nSPS) is 9.96. The fourth-order valence-electron chi connectivity index (χ4n) is 1.77. The second-order valence-electron chi connectivity index (χ2n) is 4.69. The summed E-state index contributed by atoms with van der Waals surface area (Å²) in [6.45, 7) is 1.60. The van der Waals surface area contributed by atoms with Crippen LogP contribution in [0.25, 0.3) is 0 Å². The van der Waals surface area contributed by atoms with Crippen LogP contribution in [0, 0.1) is 18.3 Å². The third-order valence-corrected chi connectivity index (χ3v) is 5.22. The molecule has 2 rings (SSSR count). The second kappa shape index (κ2) is 9.05. The summed E-state index contributed by atoms with van der Waals surface area (Å²) in [6, 6.07) is 8.52. The highest BCUT2D eigenvalue weighted by molar-refractivity contribution is 8.01. The number of hydrogen-bond donors (Lipinski definition) is 1. The van der Waals surface area contributed by atoms with Crippen LogP contribution in [0.3, 0.4) is 0 Å². The molecule has 9 heteroatoms. The summed E-state index contributed by atoms with van der Waals surface area (Å²) in [6.07, 6.45) is 0. The third-order valence-electron chi connectivity index (χ3n) is 2.92. The molecule has 1 N–H and O–H groups in total. The van der Waals surface area contributed by atoms with Crippen molar-refractivity contribution in [1.29, 1.82) is 5.26 Å². The summed E-state index contributed by atoms with van der Waals surface area (Å²) < 4.78 is 10.7. The highest BCUT2D eigenvalue weighted by atomic mass is 32.2. The lowest BCUT2D eigenvalue weighted by Crippen LogP contribution is -2.14. The molecule has 7 nitrogen and oxygen atoms in total. The summed E-state index contributed by atoms with van der Waals surface area (Å²) in [5.41, 5.74) is 1.15. The maximum absolute atomic E-state index is 12.3. The topological polar surface area (TPSA) is 101 Å². The van der Waals surface area contributed by atoms with E-state index in [4.69, 9.17) is 10.00 Å². The molecule has 25 heavy (non-hydrogen) atoms. The number of anilines is 1. The van der Waals surface area contributed by atoms with E-state index in [9.17, 15) is 9.59 Å². The number of methoxy groups -OCH3 is 1. The quantitative estimate of drug-likeness (QED) is 0.585. The molecule has 1 aromatic heterocycles. The molecular weight excluding hydrogens is 362 g/mol. The number of ether oxygens (including phenoxy) is 2. The number of nitrogens with zero attached hydrogens (tertiary/aromatic N) is 2. The molecule has 0 unspecified atom stereocenters. The third kappa shape index (κ3) is 5.48. The molecule has 0 radical (unpaired) electrons. The van der Waals surface area contributed by atoms with Gasteiger partial charge in [0.05, 0.1) is 28.8 Å². The molecule has 1 aromatic carbocycles. The molecule has 0 saturated carbocycles. The number of nitriles is 1. The SMILES string of the molecule is COC(=O)COc1cccc(C(=O)Nc2nc(C)c(SCC#N)s2)c1. The highest BCUT2D eigenvalue weighted by Crippen LogP contribution is 2.32. The van der Waals surface area contributed by atoms with Gasteiger partial charge in [0.25, 0.3) is 5.91 Å². The molecule has 0 aliphatic heterocycles. The number of esters is 1. The van der Waals surface area contributed by atoms with Crippen molar-refractivity contribution < 1.29 is 19.1 Å². The van der Waals surface area contributed by atoms with E-state index in [1.54, 1.807) is 18.2 Å². The minimum absolute atomic E-state index is 0.229. The Labute approximate surface area is 153 Å². The summed E-state index contributed by atoms with van der Waals surface area (Å²) in [4.78, 5) is 27.7. The van der Waals surface area contributed by atoms with E-state index in [1.807, 2.05) is 6.92 Å². The molecule has 130 valence electrons.